The lowest BCUT2D eigenvalue weighted by molar-refractivity contribution is 0.137. The van der Waals surface area contributed by atoms with Crippen LogP contribution in [-0.2, 0) is 0 Å². The van der Waals surface area contributed by atoms with Gasteiger partial charge in [0.2, 0.25) is 0 Å². The molecule has 0 saturated heterocycles. The van der Waals surface area contributed by atoms with Crippen LogP contribution in [0.15, 0.2) is 17.2 Å². The molecule has 0 amide bonds. The Kier molecular flexibility index (Phi) is 4.01. The first kappa shape index (κ1) is 13.1. The number of nitrogens with zero attached hydrogens (tertiary/aromatic N) is 2. The van der Waals surface area contributed by atoms with Crippen molar-refractivity contribution in [2.24, 2.45) is 5.73 Å². The van der Waals surface area contributed by atoms with Gasteiger partial charge in [-0.1, -0.05) is 0 Å². The fraction of sp³-hybridized carbons (Fsp3) is 0.692. The Hall–Kier alpha value is -1.36. The average Bonchev–Trinajstić information content (AvgIpc) is 2.34. The van der Waals surface area contributed by atoms with E-state index < -0.39 is 0 Å². The van der Waals surface area contributed by atoms with Gasteiger partial charge in [0.1, 0.15) is 6.10 Å². The Balaban J connectivity index is 2.10. The normalized spacial score (nSPS) is 24.2. The van der Waals surface area contributed by atoms with Gasteiger partial charge in [0.05, 0.1) is 0 Å². The van der Waals surface area contributed by atoms with Gasteiger partial charge in [0.25, 0.3) is 5.88 Å². The summed E-state index contributed by atoms with van der Waals surface area (Å²) < 4.78 is 7.36. The summed E-state index contributed by atoms with van der Waals surface area (Å²) >= 11 is 0. The molecule has 0 unspecified atom stereocenters. The van der Waals surface area contributed by atoms with Gasteiger partial charge < -0.3 is 15.0 Å². The predicted octanol–water partition coefficient (Wildman–Crippen LogP) is 1.47. The van der Waals surface area contributed by atoms with Gasteiger partial charge >= 0.3 is 5.56 Å². The van der Waals surface area contributed by atoms with Crippen LogP contribution >= 0.6 is 0 Å². The molecule has 1 aromatic heterocycles. The molecular weight excluding hydrogens is 230 g/mol. The highest BCUT2D eigenvalue weighted by Crippen LogP contribution is 2.20. The molecule has 1 aliphatic carbocycles. The Labute approximate surface area is 107 Å². The van der Waals surface area contributed by atoms with Gasteiger partial charge in [-0.25, -0.2) is 4.98 Å². The molecule has 2 N–H and O–H groups in total. The Morgan fingerprint density at radius 1 is 1.39 bits per heavy atom. The van der Waals surface area contributed by atoms with Gasteiger partial charge in [0.15, 0.2) is 0 Å². The van der Waals surface area contributed by atoms with Gasteiger partial charge in [-0.2, -0.15) is 0 Å². The van der Waals surface area contributed by atoms with E-state index >= 15 is 0 Å². The average molecular weight is 251 g/mol. The first-order chi connectivity index (χ1) is 8.58. The minimum absolute atomic E-state index is 0.0769. The summed E-state index contributed by atoms with van der Waals surface area (Å²) in [6.07, 6.45) is 7.10. The topological polar surface area (TPSA) is 70.1 Å². The van der Waals surface area contributed by atoms with Crippen molar-refractivity contribution in [1.82, 2.24) is 9.55 Å². The number of ether oxygens (including phenoxy) is 1. The smallest absolute Gasteiger partial charge is 0.313 e. The van der Waals surface area contributed by atoms with Crippen LogP contribution in [0.2, 0.25) is 0 Å². The van der Waals surface area contributed by atoms with Crippen LogP contribution in [0.1, 0.15) is 45.6 Å². The van der Waals surface area contributed by atoms with E-state index in [0.717, 1.165) is 25.7 Å². The second-order valence-electron chi connectivity index (χ2n) is 5.19. The highest BCUT2D eigenvalue weighted by Gasteiger charge is 2.21. The number of hydrogen-bond acceptors (Lipinski definition) is 4. The van der Waals surface area contributed by atoms with E-state index in [0.29, 0.717) is 0 Å². The van der Waals surface area contributed by atoms with E-state index in [4.69, 9.17) is 10.5 Å². The molecule has 1 aromatic rings. The van der Waals surface area contributed by atoms with Gasteiger partial charge in [-0.3, -0.25) is 4.79 Å². The third-order valence-corrected chi connectivity index (χ3v) is 3.39. The monoisotopic (exact) mass is 251 g/mol. The minimum atomic E-state index is -0.151. The zero-order valence-corrected chi connectivity index (χ0v) is 11.0. The van der Waals surface area contributed by atoms with Crippen molar-refractivity contribution in [3.63, 3.8) is 0 Å². The third-order valence-electron chi connectivity index (χ3n) is 3.39. The van der Waals surface area contributed by atoms with E-state index in [2.05, 4.69) is 4.98 Å². The highest BCUT2D eigenvalue weighted by atomic mass is 16.5. The van der Waals surface area contributed by atoms with Gasteiger partial charge in [-0.15, -0.1) is 0 Å². The predicted molar refractivity (Wildman–Crippen MR) is 69.7 cm³/mol. The molecule has 0 bridgehead atoms. The molecule has 5 heteroatoms. The number of aromatic nitrogens is 2. The molecule has 2 rings (SSSR count). The van der Waals surface area contributed by atoms with E-state index in [1.165, 1.54) is 0 Å². The largest absolute Gasteiger partial charge is 0.470 e. The van der Waals surface area contributed by atoms with Crippen molar-refractivity contribution < 1.29 is 4.74 Å². The van der Waals surface area contributed by atoms with Gasteiger partial charge in [0, 0.05) is 24.5 Å². The fourth-order valence-corrected chi connectivity index (χ4v) is 2.26. The maximum atomic E-state index is 12.1. The molecule has 100 valence electrons. The van der Waals surface area contributed by atoms with Crippen LogP contribution in [0.25, 0.3) is 0 Å². The molecule has 1 fully saturated rings. The standard InChI is InChI=1S/C13H21N3O2/c1-9(2)16-8-7-15-12(13(16)17)18-11-5-3-10(14)4-6-11/h7-11H,3-6,14H2,1-2H3. The SMILES string of the molecule is CC(C)n1ccnc(OC2CCC(N)CC2)c1=O. The van der Waals surface area contributed by atoms with Crippen molar-refractivity contribution >= 4 is 0 Å². The summed E-state index contributed by atoms with van der Waals surface area (Å²) in [6.45, 7) is 3.93. The third kappa shape index (κ3) is 2.90. The molecule has 0 aromatic carbocycles. The lowest BCUT2D eigenvalue weighted by Gasteiger charge is -2.26. The Morgan fingerprint density at radius 3 is 2.67 bits per heavy atom. The van der Waals surface area contributed by atoms with Crippen molar-refractivity contribution in [3.8, 4) is 5.88 Å². The Bertz CT molecular complexity index is 448. The quantitative estimate of drug-likeness (QED) is 0.883. The van der Waals surface area contributed by atoms with Crippen molar-refractivity contribution in [2.45, 2.75) is 57.7 Å². The molecule has 0 spiro atoms. The fourth-order valence-electron chi connectivity index (χ4n) is 2.26. The van der Waals surface area contributed by atoms with E-state index in [1.54, 1.807) is 17.0 Å². The second-order valence-corrected chi connectivity index (χ2v) is 5.19. The lowest BCUT2D eigenvalue weighted by Crippen LogP contribution is -2.34. The van der Waals surface area contributed by atoms with E-state index in [9.17, 15) is 4.79 Å². The molecule has 1 aliphatic rings. The molecule has 0 radical (unpaired) electrons. The molecule has 0 atom stereocenters. The first-order valence-corrected chi connectivity index (χ1v) is 6.57. The van der Waals surface area contributed by atoms with E-state index in [1.807, 2.05) is 13.8 Å². The van der Waals surface area contributed by atoms with Crippen LogP contribution in [-0.4, -0.2) is 21.7 Å². The number of nitrogens with two attached hydrogens (primary N) is 1. The zero-order chi connectivity index (χ0) is 13.1. The van der Waals surface area contributed by atoms with E-state index in [-0.39, 0.29) is 29.6 Å². The molecule has 1 saturated carbocycles. The molecule has 0 aliphatic heterocycles. The van der Waals surface area contributed by atoms with Crippen molar-refractivity contribution in [2.75, 3.05) is 0 Å². The minimum Gasteiger partial charge on any atom is -0.470 e. The van der Waals surface area contributed by atoms with Crippen molar-refractivity contribution in [1.29, 1.82) is 0 Å². The summed E-state index contributed by atoms with van der Waals surface area (Å²) in [5.41, 5.74) is 5.70. The van der Waals surface area contributed by atoms with Crippen LogP contribution < -0.4 is 16.0 Å². The maximum Gasteiger partial charge on any atom is 0.313 e. The van der Waals surface area contributed by atoms with Crippen LogP contribution in [0, 0.1) is 0 Å². The molecular formula is C13H21N3O2. The van der Waals surface area contributed by atoms with Gasteiger partial charge in [-0.05, 0) is 39.5 Å². The lowest BCUT2D eigenvalue weighted by atomic mass is 9.94. The summed E-state index contributed by atoms with van der Waals surface area (Å²) in [7, 11) is 0. The molecule has 18 heavy (non-hydrogen) atoms. The zero-order valence-electron chi connectivity index (χ0n) is 11.0. The number of rotatable bonds is 3. The summed E-state index contributed by atoms with van der Waals surface area (Å²) in [4.78, 5) is 16.1. The van der Waals surface area contributed by atoms with Crippen molar-refractivity contribution in [3.05, 3.63) is 22.7 Å². The summed E-state index contributed by atoms with van der Waals surface area (Å²) in [6, 6.07) is 0.392. The molecule has 1 heterocycles. The Morgan fingerprint density at radius 2 is 2.06 bits per heavy atom. The maximum absolute atomic E-state index is 12.1. The first-order valence-electron chi connectivity index (χ1n) is 6.57. The highest BCUT2D eigenvalue weighted by molar-refractivity contribution is 5.06. The number of hydrogen-bond donors (Lipinski definition) is 1. The van der Waals surface area contributed by atoms with Crippen LogP contribution in [0.5, 0.6) is 5.88 Å². The molecule has 5 nitrogen and oxygen atoms in total. The second kappa shape index (κ2) is 5.52. The van der Waals surface area contributed by atoms with Crippen LogP contribution in [0.4, 0.5) is 0 Å². The summed E-state index contributed by atoms with van der Waals surface area (Å²) in [5, 5.41) is 0. The van der Waals surface area contributed by atoms with Crippen LogP contribution in [0.3, 0.4) is 0 Å². The summed E-state index contributed by atoms with van der Waals surface area (Å²) in [5.74, 6) is 0.215.